The van der Waals surface area contributed by atoms with Gasteiger partial charge in [-0.15, -0.1) is 0 Å². The number of nitrogens with one attached hydrogen (secondary N) is 2. The molecule has 0 aliphatic heterocycles. The van der Waals surface area contributed by atoms with Crippen LogP contribution in [-0.4, -0.2) is 32.1 Å². The molecule has 0 unspecified atom stereocenters. The molecule has 7 nitrogen and oxygen atoms in total. The zero-order chi connectivity index (χ0) is 17.8. The lowest BCUT2D eigenvalue weighted by atomic mass is 10.2. The summed E-state index contributed by atoms with van der Waals surface area (Å²) in [6.45, 7) is 2.64. The first kappa shape index (κ1) is 19.0. The van der Waals surface area contributed by atoms with E-state index in [9.17, 15) is 9.59 Å². The highest BCUT2D eigenvalue weighted by Crippen LogP contribution is 2.11. The van der Waals surface area contributed by atoms with Crippen molar-refractivity contribution in [3.05, 3.63) is 41.6 Å². The van der Waals surface area contributed by atoms with Crippen molar-refractivity contribution in [2.24, 2.45) is 0 Å². The van der Waals surface area contributed by atoms with Gasteiger partial charge in [-0.05, 0) is 24.6 Å². The molecule has 1 amide bonds. The van der Waals surface area contributed by atoms with Crippen LogP contribution in [0.1, 0.15) is 18.9 Å². The normalized spacial score (nSPS) is 10.5. The Kier molecular flexibility index (Phi) is 8.47. The summed E-state index contributed by atoms with van der Waals surface area (Å²) in [5, 5.41) is 14.4. The van der Waals surface area contributed by atoms with Gasteiger partial charge in [-0.25, -0.2) is 0 Å². The van der Waals surface area contributed by atoms with Crippen LogP contribution in [0, 0.1) is 11.3 Å². The van der Waals surface area contributed by atoms with Gasteiger partial charge in [0.05, 0.1) is 20.1 Å². The van der Waals surface area contributed by atoms with Crippen molar-refractivity contribution in [3.8, 4) is 11.8 Å². The van der Waals surface area contributed by atoms with Crippen LogP contribution in [0.2, 0.25) is 0 Å². The number of rotatable bonds is 9. The summed E-state index contributed by atoms with van der Waals surface area (Å²) in [6, 6.07) is 9.05. The van der Waals surface area contributed by atoms with Crippen molar-refractivity contribution in [2.45, 2.75) is 19.9 Å². The van der Waals surface area contributed by atoms with Gasteiger partial charge in [-0.3, -0.25) is 9.59 Å². The molecular weight excluding hydrogens is 310 g/mol. The Labute approximate surface area is 141 Å². The summed E-state index contributed by atoms with van der Waals surface area (Å²) in [5.41, 5.74) is 0.823. The topological polar surface area (TPSA) is 100 Å². The Morgan fingerprint density at radius 2 is 2.00 bits per heavy atom. The summed E-state index contributed by atoms with van der Waals surface area (Å²) in [5.74, 6) is -0.0914. The molecule has 2 N–H and O–H groups in total. The Balaban J connectivity index is 2.43. The van der Waals surface area contributed by atoms with Crippen molar-refractivity contribution in [3.63, 3.8) is 0 Å². The van der Waals surface area contributed by atoms with Crippen LogP contribution in [0.3, 0.4) is 0 Å². The van der Waals surface area contributed by atoms with E-state index in [1.807, 2.05) is 18.2 Å². The van der Waals surface area contributed by atoms with E-state index in [2.05, 4.69) is 10.6 Å². The Hall–Kier alpha value is -3.01. The SMILES string of the molecule is CCOC(=O)CCN/C=C(/C#N)C(=O)NCc1ccc(OC)cc1. The molecule has 0 heterocycles. The minimum atomic E-state index is -0.489. The predicted molar refractivity (Wildman–Crippen MR) is 87.8 cm³/mol. The fraction of sp³-hybridized carbons (Fsp3) is 0.353. The van der Waals surface area contributed by atoms with Crippen LogP contribution >= 0.6 is 0 Å². The Morgan fingerprint density at radius 1 is 1.29 bits per heavy atom. The number of nitriles is 1. The molecule has 1 aromatic carbocycles. The first-order chi connectivity index (χ1) is 11.6. The average molecular weight is 331 g/mol. The molecule has 0 radical (unpaired) electrons. The Bertz CT molecular complexity index is 618. The maximum atomic E-state index is 11.9. The quantitative estimate of drug-likeness (QED) is 0.306. The van der Waals surface area contributed by atoms with Crippen LogP contribution in [0.4, 0.5) is 0 Å². The number of ether oxygens (including phenoxy) is 2. The van der Waals surface area contributed by atoms with E-state index >= 15 is 0 Å². The summed E-state index contributed by atoms with van der Waals surface area (Å²) in [6.07, 6.45) is 1.46. The molecule has 1 aromatic rings. The number of amides is 1. The van der Waals surface area contributed by atoms with Crippen molar-refractivity contribution >= 4 is 11.9 Å². The van der Waals surface area contributed by atoms with Crippen molar-refractivity contribution in [1.29, 1.82) is 5.26 Å². The van der Waals surface area contributed by atoms with Crippen LogP contribution in [0.15, 0.2) is 36.0 Å². The van der Waals surface area contributed by atoms with Gasteiger partial charge in [-0.1, -0.05) is 12.1 Å². The fourth-order valence-corrected chi connectivity index (χ4v) is 1.75. The van der Waals surface area contributed by atoms with Crippen LogP contribution in [0.25, 0.3) is 0 Å². The maximum absolute atomic E-state index is 11.9. The fourth-order valence-electron chi connectivity index (χ4n) is 1.75. The molecule has 0 saturated carbocycles. The highest BCUT2D eigenvalue weighted by molar-refractivity contribution is 5.97. The highest BCUT2D eigenvalue weighted by Gasteiger charge is 2.08. The zero-order valence-electron chi connectivity index (χ0n) is 13.8. The lowest BCUT2D eigenvalue weighted by Crippen LogP contribution is -2.25. The number of carbonyl (C=O) groups is 2. The molecule has 0 spiro atoms. The van der Waals surface area contributed by atoms with Crippen LogP contribution in [-0.2, 0) is 20.9 Å². The number of carbonyl (C=O) groups excluding carboxylic acids is 2. The van der Waals surface area contributed by atoms with Crippen molar-refractivity contribution in [2.75, 3.05) is 20.3 Å². The van der Waals surface area contributed by atoms with Gasteiger partial charge in [0.2, 0.25) is 0 Å². The molecule has 24 heavy (non-hydrogen) atoms. The van der Waals surface area contributed by atoms with Crippen LogP contribution in [0.5, 0.6) is 5.75 Å². The monoisotopic (exact) mass is 331 g/mol. The third-order valence-corrected chi connectivity index (χ3v) is 3.00. The number of hydrogen-bond donors (Lipinski definition) is 2. The molecule has 0 atom stereocenters. The third kappa shape index (κ3) is 6.83. The molecule has 0 saturated heterocycles. The molecule has 0 fully saturated rings. The number of benzene rings is 1. The minimum Gasteiger partial charge on any atom is -0.497 e. The standard InChI is InChI=1S/C17H21N3O4/c1-3-24-16(21)8-9-19-12-14(10-18)17(22)20-11-13-4-6-15(23-2)7-5-13/h4-7,12,19H,3,8-9,11H2,1-2H3,(H,20,22)/b14-12-. The predicted octanol–water partition coefficient (Wildman–Crippen LogP) is 1.26. The average Bonchev–Trinajstić information content (AvgIpc) is 2.60. The van der Waals surface area contributed by atoms with E-state index in [1.165, 1.54) is 6.20 Å². The summed E-state index contributed by atoms with van der Waals surface area (Å²) >= 11 is 0. The van der Waals surface area contributed by atoms with E-state index in [0.717, 1.165) is 11.3 Å². The molecule has 0 aromatic heterocycles. The molecule has 0 bridgehead atoms. The second kappa shape index (κ2) is 10.7. The second-order valence-electron chi connectivity index (χ2n) is 4.71. The lowest BCUT2D eigenvalue weighted by molar-refractivity contribution is -0.142. The smallest absolute Gasteiger partial charge is 0.307 e. The van der Waals surface area contributed by atoms with Gasteiger partial charge in [0.1, 0.15) is 17.4 Å². The molecule has 0 aliphatic rings. The van der Waals surface area contributed by atoms with E-state index < -0.39 is 5.91 Å². The molecule has 7 heteroatoms. The van der Waals surface area contributed by atoms with Gasteiger partial charge >= 0.3 is 5.97 Å². The first-order valence-electron chi connectivity index (χ1n) is 7.51. The zero-order valence-corrected chi connectivity index (χ0v) is 13.8. The number of methoxy groups -OCH3 is 1. The molecule has 1 rings (SSSR count). The van der Waals surface area contributed by atoms with Gasteiger partial charge in [0.25, 0.3) is 5.91 Å². The number of nitrogens with zero attached hydrogens (tertiary/aromatic N) is 1. The van der Waals surface area contributed by atoms with Gasteiger partial charge < -0.3 is 20.1 Å². The Morgan fingerprint density at radius 3 is 2.58 bits per heavy atom. The van der Waals surface area contributed by atoms with E-state index in [0.29, 0.717) is 13.2 Å². The van der Waals surface area contributed by atoms with Gasteiger partial charge in [0.15, 0.2) is 0 Å². The molecule has 128 valence electrons. The summed E-state index contributed by atoms with van der Waals surface area (Å²) in [7, 11) is 1.58. The first-order valence-corrected chi connectivity index (χ1v) is 7.51. The van der Waals surface area contributed by atoms with Crippen molar-refractivity contribution < 1.29 is 19.1 Å². The van der Waals surface area contributed by atoms with E-state index in [-0.39, 0.29) is 24.5 Å². The van der Waals surface area contributed by atoms with Gasteiger partial charge in [0, 0.05) is 19.3 Å². The van der Waals surface area contributed by atoms with E-state index in [4.69, 9.17) is 14.7 Å². The van der Waals surface area contributed by atoms with Gasteiger partial charge in [-0.2, -0.15) is 5.26 Å². The van der Waals surface area contributed by atoms with Crippen LogP contribution < -0.4 is 15.4 Å². The number of esters is 1. The summed E-state index contributed by atoms with van der Waals surface area (Å²) < 4.78 is 9.83. The minimum absolute atomic E-state index is 0.0626. The third-order valence-electron chi connectivity index (χ3n) is 3.00. The molecule has 0 aliphatic carbocycles. The number of hydrogen-bond acceptors (Lipinski definition) is 6. The van der Waals surface area contributed by atoms with E-state index in [1.54, 1.807) is 26.2 Å². The summed E-state index contributed by atoms with van der Waals surface area (Å²) in [4.78, 5) is 23.1. The highest BCUT2D eigenvalue weighted by atomic mass is 16.5. The lowest BCUT2D eigenvalue weighted by Gasteiger charge is -2.06. The maximum Gasteiger partial charge on any atom is 0.307 e. The molecular formula is C17H21N3O4. The largest absolute Gasteiger partial charge is 0.497 e. The van der Waals surface area contributed by atoms with Crippen molar-refractivity contribution in [1.82, 2.24) is 10.6 Å². The second-order valence-corrected chi connectivity index (χ2v) is 4.71.